The first-order valence-corrected chi connectivity index (χ1v) is 7.09. The first-order valence-electron chi connectivity index (χ1n) is 7.09. The van der Waals surface area contributed by atoms with Crippen LogP contribution in [0.15, 0.2) is 0 Å². The van der Waals surface area contributed by atoms with Crippen molar-refractivity contribution in [2.75, 3.05) is 19.8 Å². The highest BCUT2D eigenvalue weighted by Crippen LogP contribution is 2.27. The summed E-state index contributed by atoms with van der Waals surface area (Å²) in [5, 5.41) is 11.8. The summed E-state index contributed by atoms with van der Waals surface area (Å²) in [6, 6.07) is -0.314. The van der Waals surface area contributed by atoms with Gasteiger partial charge in [-0.1, -0.05) is 13.8 Å². The Morgan fingerprint density at radius 2 is 2.15 bits per heavy atom. The topological polar surface area (TPSA) is 102 Å². The highest BCUT2D eigenvalue weighted by Gasteiger charge is 2.44. The second-order valence-electron chi connectivity index (χ2n) is 6.34. The molecule has 1 aliphatic rings. The Hall–Kier alpha value is -1.14. The molecular weight excluding hydrogens is 260 g/mol. The minimum atomic E-state index is -0.836. The number of amides is 1. The van der Waals surface area contributed by atoms with Crippen LogP contribution in [0, 0.1) is 17.3 Å². The van der Waals surface area contributed by atoms with Gasteiger partial charge >= 0.3 is 5.97 Å². The van der Waals surface area contributed by atoms with E-state index in [0.29, 0.717) is 25.7 Å². The second-order valence-corrected chi connectivity index (χ2v) is 6.34. The van der Waals surface area contributed by atoms with Gasteiger partial charge in [0, 0.05) is 19.0 Å². The molecule has 20 heavy (non-hydrogen) atoms. The van der Waals surface area contributed by atoms with Gasteiger partial charge in [-0.25, -0.2) is 0 Å². The molecule has 1 rings (SSSR count). The molecular formula is C14H26N2O4. The molecule has 0 aromatic carbocycles. The van der Waals surface area contributed by atoms with Crippen LogP contribution in [0.4, 0.5) is 0 Å². The summed E-state index contributed by atoms with van der Waals surface area (Å²) >= 11 is 0. The Morgan fingerprint density at radius 1 is 1.50 bits per heavy atom. The highest BCUT2D eigenvalue weighted by atomic mass is 16.5. The lowest BCUT2D eigenvalue weighted by Gasteiger charge is -2.27. The van der Waals surface area contributed by atoms with Crippen LogP contribution in [0.25, 0.3) is 0 Å². The smallest absolute Gasteiger partial charge is 0.303 e. The molecule has 3 atom stereocenters. The summed E-state index contributed by atoms with van der Waals surface area (Å²) in [5.41, 5.74) is 5.19. The molecule has 4 N–H and O–H groups in total. The van der Waals surface area contributed by atoms with Gasteiger partial charge < -0.3 is 20.9 Å². The number of hydrogen-bond acceptors (Lipinski definition) is 4. The molecule has 1 aliphatic heterocycles. The molecule has 1 saturated heterocycles. The van der Waals surface area contributed by atoms with E-state index in [2.05, 4.69) is 5.32 Å². The number of carboxylic acid groups (broad SMARTS) is 1. The molecule has 6 nitrogen and oxygen atoms in total. The van der Waals surface area contributed by atoms with E-state index in [4.69, 9.17) is 15.6 Å². The summed E-state index contributed by atoms with van der Waals surface area (Å²) in [7, 11) is 0. The second kappa shape index (κ2) is 7.04. The van der Waals surface area contributed by atoms with Crippen molar-refractivity contribution in [1.82, 2.24) is 5.32 Å². The molecule has 0 aromatic rings. The molecule has 1 amide bonds. The van der Waals surface area contributed by atoms with Crippen LogP contribution in [0.5, 0.6) is 0 Å². The third-order valence-electron chi connectivity index (χ3n) is 3.86. The SMILES string of the molecule is CC(C)CC(CNC(=O)C1(C)COCC1N)CC(=O)O. The zero-order valence-corrected chi connectivity index (χ0v) is 12.5. The Labute approximate surface area is 120 Å². The fraction of sp³-hybridized carbons (Fsp3) is 0.857. The van der Waals surface area contributed by atoms with E-state index in [9.17, 15) is 9.59 Å². The zero-order chi connectivity index (χ0) is 15.3. The maximum Gasteiger partial charge on any atom is 0.303 e. The standard InChI is InChI=1S/C14H26N2O4/c1-9(2)4-10(5-12(17)18)6-16-13(19)14(3)8-20-7-11(14)15/h9-11H,4-8,15H2,1-3H3,(H,16,19)(H,17,18). The number of hydrogen-bond donors (Lipinski definition) is 3. The number of carbonyl (C=O) groups is 2. The number of nitrogens with two attached hydrogens (primary N) is 1. The van der Waals surface area contributed by atoms with Crippen molar-refractivity contribution in [3.8, 4) is 0 Å². The average Bonchev–Trinajstić information content (AvgIpc) is 2.66. The Bertz CT molecular complexity index is 359. The van der Waals surface area contributed by atoms with Crippen LogP contribution >= 0.6 is 0 Å². The number of rotatable bonds is 7. The van der Waals surface area contributed by atoms with Crippen LogP contribution < -0.4 is 11.1 Å². The number of carbonyl (C=O) groups excluding carboxylic acids is 1. The molecule has 1 heterocycles. The van der Waals surface area contributed by atoms with Crippen molar-refractivity contribution < 1.29 is 19.4 Å². The lowest BCUT2D eigenvalue weighted by atomic mass is 9.84. The molecule has 0 radical (unpaired) electrons. The zero-order valence-electron chi connectivity index (χ0n) is 12.5. The van der Waals surface area contributed by atoms with Crippen LogP contribution in [-0.4, -0.2) is 42.8 Å². The van der Waals surface area contributed by atoms with Crippen molar-refractivity contribution >= 4 is 11.9 Å². The van der Waals surface area contributed by atoms with Crippen molar-refractivity contribution in [3.05, 3.63) is 0 Å². The summed E-state index contributed by atoms with van der Waals surface area (Å²) in [4.78, 5) is 23.1. The van der Waals surface area contributed by atoms with E-state index in [1.54, 1.807) is 6.92 Å². The molecule has 3 unspecified atom stereocenters. The van der Waals surface area contributed by atoms with E-state index in [1.807, 2.05) is 13.8 Å². The predicted octanol–water partition coefficient (Wildman–Crippen LogP) is 0.603. The molecule has 116 valence electrons. The molecule has 0 bridgehead atoms. The van der Waals surface area contributed by atoms with Gasteiger partial charge in [0.2, 0.25) is 5.91 Å². The largest absolute Gasteiger partial charge is 0.481 e. The normalized spacial score (nSPS) is 27.6. The van der Waals surface area contributed by atoms with Gasteiger partial charge in [0.1, 0.15) is 0 Å². The van der Waals surface area contributed by atoms with E-state index in [0.717, 1.165) is 6.42 Å². The number of nitrogens with one attached hydrogen (secondary N) is 1. The van der Waals surface area contributed by atoms with E-state index in [-0.39, 0.29) is 24.3 Å². The van der Waals surface area contributed by atoms with Crippen LogP contribution in [0.2, 0.25) is 0 Å². The summed E-state index contributed by atoms with van der Waals surface area (Å²) in [5.74, 6) is -0.652. The number of carboxylic acids is 1. The van der Waals surface area contributed by atoms with Gasteiger partial charge in [-0.15, -0.1) is 0 Å². The van der Waals surface area contributed by atoms with Crippen LogP contribution in [0.1, 0.15) is 33.6 Å². The predicted molar refractivity (Wildman–Crippen MR) is 75.1 cm³/mol. The first-order chi connectivity index (χ1) is 9.25. The van der Waals surface area contributed by atoms with Gasteiger partial charge in [0.25, 0.3) is 0 Å². The first kappa shape index (κ1) is 16.9. The summed E-state index contributed by atoms with van der Waals surface area (Å²) < 4.78 is 5.25. The lowest BCUT2D eigenvalue weighted by molar-refractivity contribution is -0.139. The molecule has 0 aromatic heterocycles. The van der Waals surface area contributed by atoms with Crippen molar-refractivity contribution in [2.45, 2.75) is 39.7 Å². The molecule has 6 heteroatoms. The molecule has 0 saturated carbocycles. The van der Waals surface area contributed by atoms with Crippen LogP contribution in [0.3, 0.4) is 0 Å². The Kier molecular flexibility index (Phi) is 5.95. The van der Waals surface area contributed by atoms with E-state index >= 15 is 0 Å². The van der Waals surface area contributed by atoms with Crippen molar-refractivity contribution in [1.29, 1.82) is 0 Å². The number of ether oxygens (including phenoxy) is 1. The van der Waals surface area contributed by atoms with Crippen molar-refractivity contribution in [2.24, 2.45) is 23.0 Å². The minimum absolute atomic E-state index is 0.0569. The lowest BCUT2D eigenvalue weighted by Crippen LogP contribution is -2.50. The monoisotopic (exact) mass is 286 g/mol. The van der Waals surface area contributed by atoms with E-state index < -0.39 is 11.4 Å². The fourth-order valence-electron chi connectivity index (χ4n) is 2.51. The maximum atomic E-state index is 12.2. The van der Waals surface area contributed by atoms with Gasteiger partial charge in [-0.05, 0) is 25.2 Å². The quantitative estimate of drug-likeness (QED) is 0.636. The average molecular weight is 286 g/mol. The Balaban J connectivity index is 2.53. The fourth-order valence-corrected chi connectivity index (χ4v) is 2.51. The van der Waals surface area contributed by atoms with Gasteiger partial charge in [-0.2, -0.15) is 0 Å². The molecule has 0 spiro atoms. The molecule has 0 aliphatic carbocycles. The minimum Gasteiger partial charge on any atom is -0.481 e. The van der Waals surface area contributed by atoms with Gasteiger partial charge in [-0.3, -0.25) is 9.59 Å². The van der Waals surface area contributed by atoms with E-state index in [1.165, 1.54) is 0 Å². The Morgan fingerprint density at radius 3 is 2.60 bits per heavy atom. The summed E-state index contributed by atoms with van der Waals surface area (Å²) in [6.45, 7) is 6.93. The number of aliphatic carboxylic acids is 1. The summed E-state index contributed by atoms with van der Waals surface area (Å²) in [6.07, 6.45) is 0.837. The highest BCUT2D eigenvalue weighted by molar-refractivity contribution is 5.83. The molecule has 1 fully saturated rings. The maximum absolute atomic E-state index is 12.2. The van der Waals surface area contributed by atoms with Gasteiger partial charge in [0.05, 0.1) is 18.6 Å². The van der Waals surface area contributed by atoms with Gasteiger partial charge in [0.15, 0.2) is 0 Å². The van der Waals surface area contributed by atoms with Crippen LogP contribution in [-0.2, 0) is 14.3 Å². The van der Waals surface area contributed by atoms with Crippen molar-refractivity contribution in [3.63, 3.8) is 0 Å². The third-order valence-corrected chi connectivity index (χ3v) is 3.86. The third kappa shape index (κ3) is 4.45.